The van der Waals surface area contributed by atoms with Gasteiger partial charge in [0.25, 0.3) is 5.91 Å². The van der Waals surface area contributed by atoms with E-state index in [1.54, 1.807) is 11.9 Å². The number of rotatable bonds is 3. The first-order chi connectivity index (χ1) is 8.24. The van der Waals surface area contributed by atoms with Gasteiger partial charge in [0.2, 0.25) is 0 Å². The van der Waals surface area contributed by atoms with Crippen molar-refractivity contribution >= 4 is 11.6 Å². The summed E-state index contributed by atoms with van der Waals surface area (Å²) in [5.41, 5.74) is 7.52. The van der Waals surface area contributed by atoms with E-state index < -0.39 is 0 Å². The average molecular weight is 234 g/mol. The number of nitrogens with zero attached hydrogens (tertiary/aromatic N) is 1. The van der Waals surface area contributed by atoms with Gasteiger partial charge >= 0.3 is 0 Å². The average Bonchev–Trinajstić information content (AvgIpc) is 2.90. The van der Waals surface area contributed by atoms with Crippen molar-refractivity contribution in [2.24, 2.45) is 5.73 Å². The van der Waals surface area contributed by atoms with Crippen molar-refractivity contribution in [3.05, 3.63) is 29.8 Å². The molecule has 2 rings (SSSR count). The van der Waals surface area contributed by atoms with Gasteiger partial charge in [0.15, 0.2) is 0 Å². The van der Waals surface area contributed by atoms with Gasteiger partial charge < -0.3 is 15.4 Å². The van der Waals surface area contributed by atoms with Gasteiger partial charge in [-0.15, -0.1) is 0 Å². The summed E-state index contributed by atoms with van der Waals surface area (Å²) in [5.74, 6) is 0.0170. The van der Waals surface area contributed by atoms with E-state index in [4.69, 9.17) is 10.5 Å². The van der Waals surface area contributed by atoms with E-state index in [1.807, 2.05) is 24.3 Å². The van der Waals surface area contributed by atoms with Crippen LogP contribution in [0, 0.1) is 0 Å². The summed E-state index contributed by atoms with van der Waals surface area (Å²) in [7, 11) is 1.78. The molecule has 1 amide bonds. The second-order valence-corrected chi connectivity index (χ2v) is 4.23. The van der Waals surface area contributed by atoms with Crippen LogP contribution in [-0.4, -0.2) is 25.7 Å². The van der Waals surface area contributed by atoms with Crippen molar-refractivity contribution in [3.63, 3.8) is 0 Å². The van der Waals surface area contributed by atoms with E-state index >= 15 is 0 Å². The van der Waals surface area contributed by atoms with Crippen molar-refractivity contribution in [2.75, 3.05) is 18.6 Å². The molecule has 1 atom stereocenters. The molecule has 4 nitrogen and oxygen atoms in total. The number of para-hydroxylation sites is 1. The molecule has 92 valence electrons. The number of ether oxygens (including phenoxy) is 1. The van der Waals surface area contributed by atoms with Gasteiger partial charge in [-0.25, -0.2) is 0 Å². The molecule has 1 aliphatic rings. The monoisotopic (exact) mass is 234 g/mol. The molecule has 1 aliphatic heterocycles. The third kappa shape index (κ3) is 2.48. The van der Waals surface area contributed by atoms with E-state index in [0.29, 0.717) is 13.2 Å². The fourth-order valence-corrected chi connectivity index (χ4v) is 2.12. The molecule has 17 heavy (non-hydrogen) atoms. The summed E-state index contributed by atoms with van der Waals surface area (Å²) in [4.78, 5) is 13.8. The molecule has 0 aromatic heterocycles. The number of likely N-dealkylation sites (N-methyl/N-ethyl adjacent to an activating group) is 1. The summed E-state index contributed by atoms with van der Waals surface area (Å²) in [6.07, 6.45) is 1.49. The molecule has 0 radical (unpaired) electrons. The second-order valence-electron chi connectivity index (χ2n) is 4.23. The second kappa shape index (κ2) is 5.29. The maximum Gasteiger partial charge on any atom is 0.255 e. The zero-order chi connectivity index (χ0) is 12.3. The maximum atomic E-state index is 12.2. The first-order valence-electron chi connectivity index (χ1n) is 5.91. The fraction of sp³-hybridized carbons (Fsp3) is 0.462. The number of benzene rings is 1. The minimum absolute atomic E-state index is 0.0170. The van der Waals surface area contributed by atoms with E-state index in [-0.39, 0.29) is 12.0 Å². The maximum absolute atomic E-state index is 12.2. The van der Waals surface area contributed by atoms with Crippen LogP contribution in [0.4, 0.5) is 5.69 Å². The molecule has 2 N–H and O–H groups in total. The molecule has 0 saturated carbocycles. The van der Waals surface area contributed by atoms with E-state index in [2.05, 4.69) is 0 Å². The summed E-state index contributed by atoms with van der Waals surface area (Å²) < 4.78 is 5.41. The molecule has 0 spiro atoms. The highest BCUT2D eigenvalue weighted by molar-refractivity contribution is 5.96. The van der Waals surface area contributed by atoms with Crippen LogP contribution >= 0.6 is 0 Å². The van der Waals surface area contributed by atoms with Gasteiger partial charge in [0.1, 0.15) is 6.10 Å². The minimum Gasteiger partial charge on any atom is -0.368 e. The first kappa shape index (κ1) is 12.1. The highest BCUT2D eigenvalue weighted by Crippen LogP contribution is 2.22. The highest BCUT2D eigenvalue weighted by atomic mass is 16.5. The number of anilines is 1. The van der Waals surface area contributed by atoms with Gasteiger partial charge in [0.05, 0.1) is 0 Å². The first-order valence-corrected chi connectivity index (χ1v) is 5.91. The molecular weight excluding hydrogens is 216 g/mol. The number of hydrogen-bond acceptors (Lipinski definition) is 3. The largest absolute Gasteiger partial charge is 0.368 e. The molecule has 1 heterocycles. The summed E-state index contributed by atoms with van der Waals surface area (Å²) in [5, 5.41) is 0. The van der Waals surface area contributed by atoms with E-state index in [9.17, 15) is 4.79 Å². The predicted octanol–water partition coefficient (Wildman–Crippen LogP) is 1.29. The van der Waals surface area contributed by atoms with Crippen molar-refractivity contribution in [1.82, 2.24) is 0 Å². The zero-order valence-electron chi connectivity index (χ0n) is 10.1. The lowest BCUT2D eigenvalue weighted by molar-refractivity contribution is -0.127. The van der Waals surface area contributed by atoms with Crippen LogP contribution in [0.25, 0.3) is 0 Å². The van der Waals surface area contributed by atoms with Crippen molar-refractivity contribution in [1.29, 1.82) is 0 Å². The Hall–Kier alpha value is -1.39. The highest BCUT2D eigenvalue weighted by Gasteiger charge is 2.27. The van der Waals surface area contributed by atoms with Gasteiger partial charge in [-0.3, -0.25) is 4.79 Å². The van der Waals surface area contributed by atoms with Crippen molar-refractivity contribution in [2.45, 2.75) is 25.5 Å². The van der Waals surface area contributed by atoms with Crippen LogP contribution in [-0.2, 0) is 16.1 Å². The van der Waals surface area contributed by atoms with E-state index in [0.717, 1.165) is 24.1 Å². The topological polar surface area (TPSA) is 55.6 Å². The van der Waals surface area contributed by atoms with Crippen molar-refractivity contribution in [3.8, 4) is 0 Å². The lowest BCUT2D eigenvalue weighted by Crippen LogP contribution is -2.36. The van der Waals surface area contributed by atoms with Crippen LogP contribution in [0.3, 0.4) is 0 Å². The Morgan fingerprint density at radius 1 is 1.53 bits per heavy atom. The van der Waals surface area contributed by atoms with Gasteiger partial charge in [-0.2, -0.15) is 0 Å². The third-order valence-electron chi connectivity index (χ3n) is 3.11. The molecule has 0 bridgehead atoms. The number of carbonyl (C=O) groups is 1. The molecule has 4 heteroatoms. The number of amides is 1. The molecule has 1 saturated heterocycles. The Morgan fingerprint density at radius 2 is 2.29 bits per heavy atom. The van der Waals surface area contributed by atoms with Crippen LogP contribution in [0.5, 0.6) is 0 Å². The quantitative estimate of drug-likeness (QED) is 0.857. The Morgan fingerprint density at radius 3 is 2.94 bits per heavy atom. The third-order valence-corrected chi connectivity index (χ3v) is 3.11. The van der Waals surface area contributed by atoms with Crippen LogP contribution < -0.4 is 10.6 Å². The molecule has 1 unspecified atom stereocenters. The summed E-state index contributed by atoms with van der Waals surface area (Å²) >= 11 is 0. The minimum atomic E-state index is -0.286. The Balaban J connectivity index is 2.17. The van der Waals surface area contributed by atoms with Gasteiger partial charge in [-0.1, -0.05) is 18.2 Å². The number of carbonyl (C=O) groups excluding carboxylic acids is 1. The fourth-order valence-electron chi connectivity index (χ4n) is 2.12. The predicted molar refractivity (Wildman–Crippen MR) is 66.7 cm³/mol. The molecule has 1 aromatic rings. The molecular formula is C13H18N2O2. The SMILES string of the molecule is CN(C(=O)C1CCCO1)c1ccccc1CN. The van der Waals surface area contributed by atoms with Gasteiger partial charge in [0, 0.05) is 25.9 Å². The molecule has 1 fully saturated rings. The van der Waals surface area contributed by atoms with Crippen LogP contribution in [0.15, 0.2) is 24.3 Å². The van der Waals surface area contributed by atoms with E-state index in [1.165, 1.54) is 0 Å². The zero-order valence-corrected chi connectivity index (χ0v) is 10.1. The summed E-state index contributed by atoms with van der Waals surface area (Å²) in [6.45, 7) is 1.11. The summed E-state index contributed by atoms with van der Waals surface area (Å²) in [6, 6.07) is 7.69. The number of nitrogens with two attached hydrogens (primary N) is 1. The Kier molecular flexibility index (Phi) is 3.76. The normalized spacial score (nSPS) is 19.3. The Bertz CT molecular complexity index is 400. The lowest BCUT2D eigenvalue weighted by atomic mass is 10.1. The Labute approximate surface area is 101 Å². The molecule has 1 aromatic carbocycles. The van der Waals surface area contributed by atoms with Crippen molar-refractivity contribution < 1.29 is 9.53 Å². The smallest absolute Gasteiger partial charge is 0.255 e. The van der Waals surface area contributed by atoms with Crippen LogP contribution in [0.2, 0.25) is 0 Å². The number of hydrogen-bond donors (Lipinski definition) is 1. The van der Waals surface area contributed by atoms with Gasteiger partial charge in [-0.05, 0) is 24.5 Å². The standard InChI is InChI=1S/C13H18N2O2/c1-15(13(16)12-7-4-8-17-12)11-6-3-2-5-10(11)9-14/h2-3,5-6,12H,4,7-9,14H2,1H3. The van der Waals surface area contributed by atoms with Crippen LogP contribution in [0.1, 0.15) is 18.4 Å². The lowest BCUT2D eigenvalue weighted by Gasteiger charge is -2.22. The molecule has 0 aliphatic carbocycles.